The Morgan fingerprint density at radius 2 is 1.09 bits per heavy atom. The molecular formula is C31H48GdN3O18S2-4. The summed E-state index contributed by atoms with van der Waals surface area (Å²) in [5.41, 5.74) is 0. The Labute approximate surface area is 352 Å². The quantitative estimate of drug-likeness (QED) is 0.0460. The zero-order valence-electron chi connectivity index (χ0n) is 30.4. The van der Waals surface area contributed by atoms with E-state index >= 15 is 0 Å². The van der Waals surface area contributed by atoms with Crippen molar-refractivity contribution in [3.8, 4) is 0 Å². The van der Waals surface area contributed by atoms with Crippen molar-refractivity contribution >= 4 is 50.1 Å². The Bertz CT molecular complexity index is 1400. The third-order valence-electron chi connectivity index (χ3n) is 8.75. The molecule has 24 heteroatoms. The number of rotatable bonds is 31. The predicted molar refractivity (Wildman–Crippen MR) is 172 cm³/mol. The van der Waals surface area contributed by atoms with Gasteiger partial charge in [-0.3, -0.25) is 14.7 Å². The third-order valence-corrected chi connectivity index (χ3v) is 11.2. The minimum atomic E-state index is -5.42. The number of carboxylic acid groups (broad SMARTS) is 5. The van der Waals surface area contributed by atoms with Crippen LogP contribution in [0.25, 0.3) is 0 Å². The van der Waals surface area contributed by atoms with Crippen LogP contribution in [0.2, 0.25) is 0 Å². The van der Waals surface area contributed by atoms with Crippen LogP contribution in [0.15, 0.2) is 0 Å². The number of aliphatic carboxylic acids is 5. The number of hydrogen-bond donors (Lipinski definition) is 0. The molecule has 21 nitrogen and oxygen atoms in total. The van der Waals surface area contributed by atoms with Crippen molar-refractivity contribution in [2.45, 2.75) is 99.9 Å². The fraction of sp³-hybridized carbons (Fsp3) is 0.839. The Morgan fingerprint density at radius 1 is 0.636 bits per heavy atom. The van der Waals surface area contributed by atoms with E-state index in [1.807, 2.05) is 0 Å². The van der Waals surface area contributed by atoms with E-state index in [-0.39, 0.29) is 46.5 Å². The van der Waals surface area contributed by atoms with Crippen molar-refractivity contribution in [2.75, 3.05) is 65.6 Å². The molecular weight excluding hydrogens is 924 g/mol. The first-order chi connectivity index (χ1) is 25.1. The summed E-state index contributed by atoms with van der Waals surface area (Å²) in [6.45, 7) is -5.45. The van der Waals surface area contributed by atoms with E-state index in [0.717, 1.165) is 48.3 Å². The summed E-state index contributed by atoms with van der Waals surface area (Å²) in [5.74, 6) is -8.75. The second-order valence-corrected chi connectivity index (χ2v) is 16.4. The van der Waals surface area contributed by atoms with Crippen LogP contribution in [0.1, 0.15) is 71.1 Å². The Hall–Kier alpha value is -1.71. The standard InChI is InChI=1S/C31H55N3O18S2.Gd/c1-2-3-4-5-6-7-8-9-12-51-24-13-23(53(45,46)47)14-25(54(48,49)50)31(24)52-21-22(34(19-29(41)42)20-30(43)44)15-32(16-26(35)36)10-11-33(17-27(37)38)18-28(39)40;/h22-25,31H,2-21H2,1H3,(H,35,36)(H,37,38)(H,39,40)(H,41,42)(H,43,44)(H,45,46,47)(H,48,49,50);/q;+3/p-7/t22?,23-,24?,25?,31+;/m1./s1. The zero-order chi connectivity index (χ0) is 41.1. The Balaban J connectivity index is 0.0000292. The molecule has 0 bridgehead atoms. The molecule has 0 aromatic rings. The molecule has 0 saturated heterocycles. The molecule has 1 rings (SSSR count). The van der Waals surface area contributed by atoms with E-state index in [4.69, 9.17) is 9.47 Å². The zero-order valence-corrected chi connectivity index (χ0v) is 34.3. The van der Waals surface area contributed by atoms with Crippen LogP contribution in [0, 0.1) is 39.9 Å². The number of carbonyl (C=O) groups is 5. The average Bonchev–Trinajstić information content (AvgIpc) is 3.02. The van der Waals surface area contributed by atoms with Crippen LogP contribution in [0.5, 0.6) is 0 Å². The first-order valence-electron chi connectivity index (χ1n) is 17.4. The molecule has 0 heterocycles. The summed E-state index contributed by atoms with van der Waals surface area (Å²) in [6.07, 6.45) is 2.33. The molecule has 55 heavy (non-hydrogen) atoms. The number of carbonyl (C=O) groups excluding carboxylic acids is 5. The van der Waals surface area contributed by atoms with Crippen molar-refractivity contribution in [3.63, 3.8) is 0 Å². The van der Waals surface area contributed by atoms with Gasteiger partial charge >= 0.3 is 39.9 Å². The molecule has 1 fully saturated rings. The van der Waals surface area contributed by atoms with Gasteiger partial charge in [0.15, 0.2) is 0 Å². The van der Waals surface area contributed by atoms with Gasteiger partial charge in [-0.2, -0.15) is 0 Å². The molecule has 1 aliphatic carbocycles. The number of hydrogen-bond acceptors (Lipinski definition) is 21. The normalized spacial score (nSPS) is 19.6. The minimum absolute atomic E-state index is 0. The molecule has 0 N–H and O–H groups in total. The van der Waals surface area contributed by atoms with Gasteiger partial charge in [0.2, 0.25) is 0 Å². The Kier molecular flexibility index (Phi) is 26.2. The second-order valence-electron chi connectivity index (χ2n) is 13.2. The number of unbranched alkanes of at least 4 members (excludes halogenated alkanes) is 7. The van der Waals surface area contributed by atoms with E-state index < -0.39 is 151 Å². The van der Waals surface area contributed by atoms with E-state index in [2.05, 4.69) is 6.92 Å². The summed E-state index contributed by atoms with van der Waals surface area (Å²) in [4.78, 5) is 59.6. The van der Waals surface area contributed by atoms with E-state index in [0.29, 0.717) is 17.7 Å². The van der Waals surface area contributed by atoms with Crippen molar-refractivity contribution in [2.24, 2.45) is 0 Å². The maximum atomic E-state index is 12.5. The van der Waals surface area contributed by atoms with Gasteiger partial charge in [-0.05, 0) is 19.3 Å². The molecule has 1 saturated carbocycles. The van der Waals surface area contributed by atoms with E-state index in [9.17, 15) is 75.4 Å². The molecule has 0 aromatic carbocycles. The maximum Gasteiger partial charge on any atom is 3.00 e. The molecule has 0 amide bonds. The van der Waals surface area contributed by atoms with Crippen LogP contribution in [-0.2, 0) is 53.7 Å². The largest absolute Gasteiger partial charge is 3.00 e. The number of carboxylic acids is 5. The maximum absolute atomic E-state index is 12.5. The van der Waals surface area contributed by atoms with Crippen LogP contribution in [0.3, 0.4) is 0 Å². The first kappa shape index (κ1) is 53.3. The summed E-state index contributed by atoms with van der Waals surface area (Å²) in [6, 6.07) is -1.51. The molecule has 0 aromatic heterocycles. The monoisotopic (exact) mass is 972 g/mol. The van der Waals surface area contributed by atoms with Gasteiger partial charge in [0, 0.05) is 65.0 Å². The first-order valence-corrected chi connectivity index (χ1v) is 20.4. The Morgan fingerprint density at radius 3 is 1.55 bits per heavy atom. The smallest absolute Gasteiger partial charge is 0.748 e. The molecule has 0 spiro atoms. The van der Waals surface area contributed by atoms with Crippen LogP contribution in [-0.4, -0.2) is 165 Å². The summed E-state index contributed by atoms with van der Waals surface area (Å²) in [5, 5.41) is 53.1. The SMILES string of the molecule is CCCCCCCCCCOC1C[C@@H](S(=O)(=O)[O-])CC(S(=O)(=O)[O-])[C@H]1OCC(CN(CCN(CC(=O)[O-])CC(=O)[O-])CC(=O)[O-])N(CC(=O)[O-])CC(=O)[O-].[Gd+3]. The fourth-order valence-electron chi connectivity index (χ4n) is 6.21. The van der Waals surface area contributed by atoms with E-state index in [1.54, 1.807) is 0 Å². The summed E-state index contributed by atoms with van der Waals surface area (Å²) < 4.78 is 85.1. The second kappa shape index (κ2) is 27.1. The predicted octanol–water partition coefficient (Wildman–Crippen LogP) is -7.46. The van der Waals surface area contributed by atoms with Crippen molar-refractivity contribution < 1.29 is 125 Å². The molecule has 3 unspecified atom stereocenters. The van der Waals surface area contributed by atoms with Crippen LogP contribution in [0.4, 0.5) is 0 Å². The summed E-state index contributed by atoms with van der Waals surface area (Å²) >= 11 is 0. The van der Waals surface area contributed by atoms with Gasteiger partial charge < -0.3 is 68.1 Å². The van der Waals surface area contributed by atoms with Crippen LogP contribution >= 0.6 is 0 Å². The molecule has 5 atom stereocenters. The van der Waals surface area contributed by atoms with Crippen molar-refractivity contribution in [1.82, 2.24) is 14.7 Å². The van der Waals surface area contributed by atoms with Gasteiger partial charge in [0.1, 0.15) is 10.1 Å². The third kappa shape index (κ3) is 23.3. The van der Waals surface area contributed by atoms with Gasteiger partial charge in [-0.15, -0.1) is 0 Å². The summed E-state index contributed by atoms with van der Waals surface area (Å²) in [7, 11) is -10.6. The molecule has 319 valence electrons. The topological polar surface area (TPSA) is 343 Å². The number of nitrogens with zero attached hydrogens (tertiary/aromatic N) is 3. The van der Waals surface area contributed by atoms with Crippen LogP contribution < -0.4 is 25.5 Å². The average molecular weight is 972 g/mol. The molecule has 1 aliphatic rings. The van der Waals surface area contributed by atoms with Gasteiger partial charge in [0.25, 0.3) is 0 Å². The van der Waals surface area contributed by atoms with E-state index in [1.165, 1.54) is 0 Å². The van der Waals surface area contributed by atoms with Crippen molar-refractivity contribution in [3.05, 3.63) is 0 Å². The van der Waals surface area contributed by atoms with Gasteiger partial charge in [-0.1, -0.05) is 51.9 Å². The fourth-order valence-corrected chi connectivity index (χ4v) is 8.25. The van der Waals surface area contributed by atoms with Gasteiger partial charge in [-0.25, -0.2) is 16.8 Å². The minimum Gasteiger partial charge on any atom is -0.748 e. The molecule has 1 radical (unpaired) electrons. The number of ether oxygens (including phenoxy) is 2. The van der Waals surface area contributed by atoms with Crippen molar-refractivity contribution in [1.29, 1.82) is 0 Å². The molecule has 0 aliphatic heterocycles. The van der Waals surface area contributed by atoms with Gasteiger partial charge in [0.05, 0.1) is 69.3 Å².